The van der Waals surface area contributed by atoms with Gasteiger partial charge in [-0.3, -0.25) is 0 Å². The molecular formula is C54H96O7Si2. The molecule has 362 valence electrons. The van der Waals surface area contributed by atoms with Crippen LogP contribution in [0.5, 0.6) is 5.75 Å². The van der Waals surface area contributed by atoms with E-state index in [4.69, 9.17) is 32.5 Å². The number of hydrogen-bond acceptors (Lipinski definition) is 7. The molecule has 0 spiro atoms. The summed E-state index contributed by atoms with van der Waals surface area (Å²) in [6.07, 6.45) is 3.30. The third kappa shape index (κ3) is 16.2. The molecule has 0 saturated carbocycles. The Hall–Kier alpha value is -1.83. The van der Waals surface area contributed by atoms with Gasteiger partial charge in [-0.25, -0.2) is 0 Å². The smallest absolute Gasteiger partial charge is 0.200 e. The Morgan fingerprint density at radius 1 is 0.524 bits per heavy atom. The maximum Gasteiger partial charge on any atom is 0.200 e. The molecule has 9 heteroatoms. The summed E-state index contributed by atoms with van der Waals surface area (Å²) in [6.45, 7) is 45.3. The van der Waals surface area contributed by atoms with E-state index < -0.39 is 16.6 Å². The monoisotopic (exact) mass is 913 g/mol. The predicted octanol–water partition coefficient (Wildman–Crippen LogP) is 15.1. The van der Waals surface area contributed by atoms with Crippen molar-refractivity contribution in [1.29, 1.82) is 0 Å². The molecule has 63 heavy (non-hydrogen) atoms. The van der Waals surface area contributed by atoms with Crippen LogP contribution >= 0.6 is 0 Å². The molecule has 2 aromatic rings. The van der Waals surface area contributed by atoms with Gasteiger partial charge in [0.15, 0.2) is 0 Å². The molecule has 0 aromatic heterocycles. The first-order valence-electron chi connectivity index (χ1n) is 24.6. The third-order valence-corrected chi connectivity index (χ3v) is 26.4. The first kappa shape index (κ1) is 57.3. The van der Waals surface area contributed by atoms with Crippen LogP contribution in [0.4, 0.5) is 0 Å². The van der Waals surface area contributed by atoms with Gasteiger partial charge in [-0.05, 0) is 81.7 Å². The fraction of sp³-hybridized carbons (Fsp3) is 0.741. The average molecular weight is 914 g/mol. The van der Waals surface area contributed by atoms with Gasteiger partial charge in [-0.1, -0.05) is 172 Å². The largest absolute Gasteiger partial charge is 0.497 e. The van der Waals surface area contributed by atoms with Crippen LogP contribution in [0.15, 0.2) is 66.2 Å². The Bertz CT molecular complexity index is 1500. The summed E-state index contributed by atoms with van der Waals surface area (Å²) in [7, 11) is -1.10. The van der Waals surface area contributed by atoms with E-state index in [1.54, 1.807) is 14.2 Å². The Labute approximate surface area is 390 Å². The molecule has 0 fully saturated rings. The molecule has 0 radical (unpaired) electrons. The molecule has 2 rings (SSSR count). The van der Waals surface area contributed by atoms with Gasteiger partial charge in [0.25, 0.3) is 0 Å². The molecule has 2 aromatic carbocycles. The summed E-state index contributed by atoms with van der Waals surface area (Å²) in [6, 6.07) is 18.6. The molecule has 0 aliphatic rings. The van der Waals surface area contributed by atoms with Crippen LogP contribution in [0, 0.1) is 29.6 Å². The molecule has 0 heterocycles. The molecule has 0 N–H and O–H groups in total. The molecule has 0 amide bonds. The van der Waals surface area contributed by atoms with Crippen molar-refractivity contribution >= 4 is 16.6 Å². The van der Waals surface area contributed by atoms with Gasteiger partial charge in [-0.2, -0.15) is 0 Å². The van der Waals surface area contributed by atoms with Gasteiger partial charge in [0.1, 0.15) is 12.5 Å². The van der Waals surface area contributed by atoms with Crippen molar-refractivity contribution in [2.75, 3.05) is 34.2 Å². The van der Waals surface area contributed by atoms with E-state index in [1.807, 2.05) is 12.1 Å². The normalized spacial score (nSPS) is 17.1. The number of allylic oxidation sites excluding steroid dienone is 1. The number of ether oxygens (including phenoxy) is 5. The highest BCUT2D eigenvalue weighted by Crippen LogP contribution is 2.47. The van der Waals surface area contributed by atoms with Crippen molar-refractivity contribution in [3.8, 4) is 5.75 Å². The van der Waals surface area contributed by atoms with Gasteiger partial charge in [0.05, 0.1) is 51.8 Å². The van der Waals surface area contributed by atoms with Crippen LogP contribution in [0.3, 0.4) is 0 Å². The fourth-order valence-electron chi connectivity index (χ4n) is 11.4. The van der Waals surface area contributed by atoms with E-state index in [0.29, 0.717) is 59.7 Å². The van der Waals surface area contributed by atoms with E-state index in [2.05, 4.69) is 173 Å². The first-order chi connectivity index (χ1) is 29.6. The molecule has 1 unspecified atom stereocenters. The van der Waals surface area contributed by atoms with Gasteiger partial charge in [0.2, 0.25) is 16.6 Å². The Kier molecular flexibility index (Phi) is 25.2. The lowest BCUT2D eigenvalue weighted by atomic mass is 9.81. The number of hydrogen-bond donors (Lipinski definition) is 0. The summed E-state index contributed by atoms with van der Waals surface area (Å²) in [5.74, 6) is 1.67. The summed E-state index contributed by atoms with van der Waals surface area (Å²) >= 11 is 0. The zero-order chi connectivity index (χ0) is 47.7. The average Bonchev–Trinajstić information content (AvgIpc) is 3.21. The molecule has 0 aliphatic carbocycles. The summed E-state index contributed by atoms with van der Waals surface area (Å²) < 4.78 is 46.0. The van der Waals surface area contributed by atoms with Gasteiger partial charge < -0.3 is 32.5 Å². The van der Waals surface area contributed by atoms with Crippen molar-refractivity contribution < 1.29 is 32.5 Å². The number of methoxy groups -OCH3 is 2. The van der Waals surface area contributed by atoms with Gasteiger partial charge >= 0.3 is 0 Å². The lowest BCUT2D eigenvalue weighted by Crippen LogP contribution is -2.54. The summed E-state index contributed by atoms with van der Waals surface area (Å²) in [5.41, 5.74) is 6.53. The molecule has 0 bridgehead atoms. The second-order valence-electron chi connectivity index (χ2n) is 21.1. The fourth-order valence-corrected chi connectivity index (χ4v) is 22.9. The SMILES string of the molecule is COCO[C@H]([C@@H](C)[C@H](O[Si](C(C)C)(C(C)C)C(C)C)C(C)C/C(C)=C\[C@H](C)[C@@H](O[Si](C(C)C)(C(C)C)C(C)C)[C@@H](C)COCc1ccccc1)[C@@H](C)COCc1ccc(OC)cc1. The highest BCUT2D eigenvalue weighted by Gasteiger charge is 2.50. The van der Waals surface area contributed by atoms with Crippen LogP contribution in [0.1, 0.15) is 142 Å². The second kappa shape index (κ2) is 27.7. The van der Waals surface area contributed by atoms with Crippen molar-refractivity contribution in [3.05, 3.63) is 77.4 Å². The van der Waals surface area contributed by atoms with Crippen LogP contribution in [0.25, 0.3) is 0 Å². The number of benzene rings is 2. The summed E-state index contributed by atoms with van der Waals surface area (Å²) in [4.78, 5) is 0. The topological polar surface area (TPSA) is 64.6 Å². The van der Waals surface area contributed by atoms with E-state index in [9.17, 15) is 0 Å². The molecule has 0 aliphatic heterocycles. The zero-order valence-electron chi connectivity index (χ0n) is 44.0. The third-order valence-electron chi connectivity index (χ3n) is 14.2. The van der Waals surface area contributed by atoms with E-state index in [1.165, 1.54) is 11.1 Å². The van der Waals surface area contributed by atoms with Gasteiger partial charge in [-0.15, -0.1) is 0 Å². The minimum absolute atomic E-state index is 0.0318. The lowest BCUT2D eigenvalue weighted by molar-refractivity contribution is -0.137. The highest BCUT2D eigenvalue weighted by atomic mass is 28.4. The maximum atomic E-state index is 7.87. The lowest BCUT2D eigenvalue weighted by Gasteiger charge is -2.48. The summed E-state index contributed by atoms with van der Waals surface area (Å²) in [5, 5.41) is 0. The predicted molar refractivity (Wildman–Crippen MR) is 272 cm³/mol. The highest BCUT2D eigenvalue weighted by molar-refractivity contribution is 6.78. The van der Waals surface area contributed by atoms with Crippen molar-refractivity contribution in [1.82, 2.24) is 0 Å². The van der Waals surface area contributed by atoms with Crippen LogP contribution < -0.4 is 4.74 Å². The van der Waals surface area contributed by atoms with Crippen molar-refractivity contribution in [3.63, 3.8) is 0 Å². The number of rotatable bonds is 31. The van der Waals surface area contributed by atoms with Crippen LogP contribution in [-0.2, 0) is 41.0 Å². The van der Waals surface area contributed by atoms with Crippen LogP contribution in [0.2, 0.25) is 33.2 Å². The standard InChI is InChI=1S/C54H96O7Si2/c1-37(2)62(38(3)4,39(5)6)60-52(46(16)32-57-34-49-24-22-21-23-25-49)44(14)30-43(13)31-45(15)54(61-63(40(7)8,41(9)10)42(11)12)48(18)53(59-36-55-19)47(17)33-58-35-50-26-28-51(56-20)29-27-50/h21-30,37-42,44-48,52-54H,31-36H2,1-20H3/b43-30-/t44-,45?,46-,47-,48+,52+,53-,54+/m0/s1. The molecule has 0 saturated heterocycles. The Morgan fingerprint density at radius 2 is 0.952 bits per heavy atom. The Morgan fingerprint density at radius 3 is 1.38 bits per heavy atom. The maximum absolute atomic E-state index is 7.87. The molecule has 8 atom stereocenters. The quantitative estimate of drug-likeness (QED) is 0.0424. The zero-order valence-corrected chi connectivity index (χ0v) is 46.0. The van der Waals surface area contributed by atoms with E-state index >= 15 is 0 Å². The molecule has 7 nitrogen and oxygen atoms in total. The first-order valence-corrected chi connectivity index (χ1v) is 28.8. The van der Waals surface area contributed by atoms with E-state index in [0.717, 1.165) is 17.7 Å². The second-order valence-corrected chi connectivity index (χ2v) is 31.9. The minimum Gasteiger partial charge on any atom is -0.497 e. The Balaban J connectivity index is 2.55. The molecular weight excluding hydrogens is 817 g/mol. The van der Waals surface area contributed by atoms with Crippen molar-refractivity contribution in [2.45, 2.75) is 196 Å². The van der Waals surface area contributed by atoms with Gasteiger partial charge in [0, 0.05) is 24.9 Å². The van der Waals surface area contributed by atoms with E-state index in [-0.39, 0.29) is 54.7 Å². The van der Waals surface area contributed by atoms with Crippen LogP contribution in [-0.4, -0.2) is 69.2 Å². The minimum atomic E-state index is -2.30. The van der Waals surface area contributed by atoms with Crippen molar-refractivity contribution in [2.24, 2.45) is 29.6 Å².